The van der Waals surface area contributed by atoms with Gasteiger partial charge in [-0.2, -0.15) is 0 Å². The fourth-order valence-electron chi connectivity index (χ4n) is 4.21. The van der Waals surface area contributed by atoms with Crippen LogP contribution in [0.5, 0.6) is 0 Å². The molecule has 2 fully saturated rings. The lowest BCUT2D eigenvalue weighted by molar-refractivity contribution is -0.120. The summed E-state index contributed by atoms with van der Waals surface area (Å²) in [6, 6.07) is 8.00. The summed E-state index contributed by atoms with van der Waals surface area (Å²) in [6.07, 6.45) is 7.63. The zero-order valence-corrected chi connectivity index (χ0v) is 22.3. The zero-order chi connectivity index (χ0) is 22.4. The van der Waals surface area contributed by atoms with E-state index in [0.29, 0.717) is 12.5 Å². The van der Waals surface area contributed by atoms with E-state index < -0.39 is 0 Å². The molecule has 0 spiro atoms. The van der Waals surface area contributed by atoms with Crippen molar-refractivity contribution in [3.63, 3.8) is 0 Å². The number of carbonyl (C=O) groups excluding carboxylic acids is 1. The molecule has 0 radical (unpaired) electrons. The maximum Gasteiger partial charge on any atom is 0.227 e. The number of aliphatic imine (C=N–C) groups is 1. The van der Waals surface area contributed by atoms with Crippen LogP contribution in [-0.2, 0) is 20.8 Å². The normalized spacial score (nSPS) is 19.1. The smallest absolute Gasteiger partial charge is 0.227 e. The second-order valence-corrected chi connectivity index (χ2v) is 8.80. The number of carbonyl (C=O) groups is 1. The van der Waals surface area contributed by atoms with Gasteiger partial charge in [-0.25, -0.2) is 4.99 Å². The second-order valence-electron chi connectivity index (χ2n) is 8.80. The Kier molecular flexibility index (Phi) is 13.7. The molecule has 8 heteroatoms. The minimum Gasteiger partial charge on any atom is -0.381 e. The topological polar surface area (TPSA) is 84.0 Å². The summed E-state index contributed by atoms with van der Waals surface area (Å²) >= 11 is 0. The molecule has 7 nitrogen and oxygen atoms in total. The van der Waals surface area contributed by atoms with E-state index >= 15 is 0 Å². The Morgan fingerprint density at radius 3 is 2.79 bits per heavy atom. The molecule has 3 N–H and O–H groups in total. The van der Waals surface area contributed by atoms with Crippen LogP contribution < -0.4 is 16.0 Å². The Labute approximate surface area is 215 Å². The lowest BCUT2D eigenvalue weighted by Gasteiger charge is -2.20. The van der Waals surface area contributed by atoms with Crippen molar-refractivity contribution in [1.29, 1.82) is 0 Å². The number of anilines is 1. The molecule has 0 bridgehead atoms. The van der Waals surface area contributed by atoms with Crippen LogP contribution >= 0.6 is 24.0 Å². The maximum atomic E-state index is 12.5. The quantitative estimate of drug-likeness (QED) is 0.159. The average molecular weight is 573 g/mol. The van der Waals surface area contributed by atoms with E-state index in [1.807, 2.05) is 24.3 Å². The number of nitrogens with one attached hydrogen (secondary N) is 3. The van der Waals surface area contributed by atoms with Crippen LogP contribution in [0.1, 0.15) is 57.4 Å². The predicted octanol–water partition coefficient (Wildman–Crippen LogP) is 4.32. The van der Waals surface area contributed by atoms with Gasteiger partial charge in [0.25, 0.3) is 0 Å². The molecule has 1 heterocycles. The van der Waals surface area contributed by atoms with E-state index in [0.717, 1.165) is 95.3 Å². The minimum absolute atomic E-state index is 0. The van der Waals surface area contributed by atoms with Crippen molar-refractivity contribution in [2.75, 3.05) is 44.8 Å². The van der Waals surface area contributed by atoms with E-state index in [1.165, 1.54) is 6.42 Å². The number of hydrogen-bond acceptors (Lipinski definition) is 4. The Morgan fingerprint density at radius 2 is 2.03 bits per heavy atom. The summed E-state index contributed by atoms with van der Waals surface area (Å²) in [5.74, 6) is 1.67. The number of nitrogens with zero attached hydrogens (tertiary/aromatic N) is 1. The first kappa shape index (κ1) is 27.9. The van der Waals surface area contributed by atoms with Gasteiger partial charge in [0.15, 0.2) is 5.96 Å². The number of ether oxygens (including phenoxy) is 2. The van der Waals surface area contributed by atoms with Gasteiger partial charge in [0, 0.05) is 43.8 Å². The molecule has 1 aliphatic carbocycles. The van der Waals surface area contributed by atoms with E-state index in [4.69, 9.17) is 14.5 Å². The lowest BCUT2D eigenvalue weighted by atomic mass is 9.88. The SMILES string of the molecule is CCNC(=NCc1cccc(NC(=O)C2CCCCC2)c1)NCCCOCC1CCOC1.I. The van der Waals surface area contributed by atoms with E-state index in [9.17, 15) is 4.79 Å². The molecule has 1 aromatic carbocycles. The molecule has 186 valence electrons. The van der Waals surface area contributed by atoms with Crippen LogP contribution in [0.2, 0.25) is 0 Å². The van der Waals surface area contributed by atoms with E-state index in [-0.39, 0.29) is 35.8 Å². The maximum absolute atomic E-state index is 12.5. The van der Waals surface area contributed by atoms with Gasteiger partial charge >= 0.3 is 0 Å². The van der Waals surface area contributed by atoms with Crippen LogP contribution in [0.15, 0.2) is 29.3 Å². The standard InChI is InChI=1S/C25H40N4O3.HI/c1-2-26-25(27-13-7-14-31-18-21-12-15-32-19-21)28-17-20-8-6-11-23(16-20)29-24(30)22-9-4-3-5-10-22;/h6,8,11,16,21-22H,2-5,7,9-10,12-15,17-19H2,1H3,(H,29,30)(H2,26,27,28);1H. The first-order valence-electron chi connectivity index (χ1n) is 12.3. The summed E-state index contributed by atoms with van der Waals surface area (Å²) < 4.78 is 11.1. The van der Waals surface area contributed by atoms with Gasteiger partial charge in [0.1, 0.15) is 0 Å². The summed E-state index contributed by atoms with van der Waals surface area (Å²) in [5, 5.41) is 9.76. The number of rotatable bonds is 11. The number of amides is 1. The largest absolute Gasteiger partial charge is 0.381 e. The van der Waals surface area contributed by atoms with Gasteiger partial charge in [-0.3, -0.25) is 4.79 Å². The van der Waals surface area contributed by atoms with Gasteiger partial charge in [-0.05, 0) is 50.3 Å². The molecule has 0 aromatic heterocycles. The molecule has 1 atom stereocenters. The van der Waals surface area contributed by atoms with Crippen molar-refractivity contribution in [3.8, 4) is 0 Å². The van der Waals surface area contributed by atoms with Crippen molar-refractivity contribution in [1.82, 2.24) is 10.6 Å². The molecule has 33 heavy (non-hydrogen) atoms. The minimum atomic E-state index is 0. The van der Waals surface area contributed by atoms with Gasteiger partial charge < -0.3 is 25.4 Å². The van der Waals surface area contributed by atoms with Gasteiger partial charge in [-0.1, -0.05) is 31.4 Å². The Hall–Kier alpha value is -1.39. The third-order valence-corrected chi connectivity index (χ3v) is 6.07. The summed E-state index contributed by atoms with van der Waals surface area (Å²) in [4.78, 5) is 17.2. The Balaban J connectivity index is 0.00000385. The molecule has 1 aromatic rings. The van der Waals surface area contributed by atoms with Crippen molar-refractivity contribution in [2.24, 2.45) is 16.8 Å². The zero-order valence-electron chi connectivity index (χ0n) is 19.9. The number of guanidine groups is 1. The Bertz CT molecular complexity index is 719. The highest BCUT2D eigenvalue weighted by molar-refractivity contribution is 14.0. The second kappa shape index (κ2) is 16.3. The highest BCUT2D eigenvalue weighted by atomic mass is 127. The highest BCUT2D eigenvalue weighted by Gasteiger charge is 2.21. The molecule has 2 aliphatic rings. The first-order chi connectivity index (χ1) is 15.7. The van der Waals surface area contributed by atoms with Gasteiger partial charge in [0.2, 0.25) is 5.91 Å². The van der Waals surface area contributed by atoms with Crippen molar-refractivity contribution >= 4 is 41.5 Å². The van der Waals surface area contributed by atoms with Crippen molar-refractivity contribution in [2.45, 2.75) is 58.4 Å². The molecule has 1 amide bonds. The lowest BCUT2D eigenvalue weighted by Crippen LogP contribution is -2.38. The Morgan fingerprint density at radius 1 is 1.18 bits per heavy atom. The van der Waals surface area contributed by atoms with Crippen molar-refractivity contribution < 1.29 is 14.3 Å². The molecule has 1 saturated carbocycles. The third kappa shape index (κ3) is 10.6. The molecular weight excluding hydrogens is 531 g/mol. The first-order valence-corrected chi connectivity index (χ1v) is 12.3. The summed E-state index contributed by atoms with van der Waals surface area (Å²) in [7, 11) is 0. The summed E-state index contributed by atoms with van der Waals surface area (Å²) in [6.45, 7) is 7.47. The average Bonchev–Trinajstić information content (AvgIpc) is 3.34. The molecular formula is C25H41IN4O3. The van der Waals surface area contributed by atoms with Crippen LogP contribution in [0.25, 0.3) is 0 Å². The van der Waals surface area contributed by atoms with Gasteiger partial charge in [-0.15, -0.1) is 24.0 Å². The fourth-order valence-corrected chi connectivity index (χ4v) is 4.21. The summed E-state index contributed by atoms with van der Waals surface area (Å²) in [5.41, 5.74) is 1.93. The molecule has 1 unspecified atom stereocenters. The van der Waals surface area contributed by atoms with Crippen LogP contribution in [0.4, 0.5) is 5.69 Å². The monoisotopic (exact) mass is 572 g/mol. The van der Waals surface area contributed by atoms with E-state index in [2.05, 4.69) is 22.9 Å². The van der Waals surface area contributed by atoms with Crippen LogP contribution in [0.3, 0.4) is 0 Å². The van der Waals surface area contributed by atoms with Crippen molar-refractivity contribution in [3.05, 3.63) is 29.8 Å². The number of hydrogen-bond donors (Lipinski definition) is 3. The third-order valence-electron chi connectivity index (χ3n) is 6.07. The van der Waals surface area contributed by atoms with Crippen LogP contribution in [0, 0.1) is 11.8 Å². The highest BCUT2D eigenvalue weighted by Crippen LogP contribution is 2.25. The molecule has 3 rings (SSSR count). The number of benzene rings is 1. The molecule has 1 saturated heterocycles. The predicted molar refractivity (Wildman–Crippen MR) is 144 cm³/mol. The number of halogens is 1. The van der Waals surface area contributed by atoms with Gasteiger partial charge in [0.05, 0.1) is 19.8 Å². The fraction of sp³-hybridized carbons (Fsp3) is 0.680. The molecule has 1 aliphatic heterocycles. The van der Waals surface area contributed by atoms with Crippen LogP contribution in [-0.4, -0.2) is 51.4 Å². The van der Waals surface area contributed by atoms with E-state index in [1.54, 1.807) is 0 Å².